The Bertz CT molecular complexity index is 178. The van der Waals surface area contributed by atoms with Gasteiger partial charge in [0.15, 0.2) is 0 Å². The lowest BCUT2D eigenvalue weighted by Crippen LogP contribution is -2.27. The van der Waals surface area contributed by atoms with Crippen LogP contribution < -0.4 is 5.32 Å². The Morgan fingerprint density at radius 2 is 2.08 bits per heavy atom. The predicted octanol–water partition coefficient (Wildman–Crippen LogP) is 1.47. The SMILES string of the molecule is O=C1CC(C(F)(F)F)CCCN1. The summed E-state index contributed by atoms with van der Waals surface area (Å²) in [5.41, 5.74) is 0. The van der Waals surface area contributed by atoms with Crippen LogP contribution in [0.3, 0.4) is 0 Å². The molecule has 1 rings (SSSR count). The van der Waals surface area contributed by atoms with Gasteiger partial charge >= 0.3 is 6.18 Å². The first-order chi connectivity index (χ1) is 5.50. The summed E-state index contributed by atoms with van der Waals surface area (Å²) in [5, 5.41) is 2.41. The molecule has 1 unspecified atom stereocenters. The minimum absolute atomic E-state index is 0.0578. The van der Waals surface area contributed by atoms with Gasteiger partial charge in [0.2, 0.25) is 5.91 Å². The van der Waals surface area contributed by atoms with E-state index in [1.807, 2.05) is 0 Å². The van der Waals surface area contributed by atoms with E-state index in [0.717, 1.165) is 0 Å². The lowest BCUT2D eigenvalue weighted by Gasteiger charge is -2.16. The van der Waals surface area contributed by atoms with Crippen molar-refractivity contribution in [2.45, 2.75) is 25.4 Å². The average Bonchev–Trinajstić information content (AvgIpc) is 2.11. The number of carbonyl (C=O) groups is 1. The number of carbonyl (C=O) groups excluding carboxylic acids is 1. The highest BCUT2D eigenvalue weighted by Crippen LogP contribution is 2.33. The Hall–Kier alpha value is -0.740. The smallest absolute Gasteiger partial charge is 0.356 e. The average molecular weight is 181 g/mol. The third-order valence-electron chi connectivity index (χ3n) is 1.95. The van der Waals surface area contributed by atoms with Crippen molar-refractivity contribution < 1.29 is 18.0 Å². The molecule has 1 fully saturated rings. The molecule has 5 heteroatoms. The molecule has 0 saturated carbocycles. The minimum atomic E-state index is -4.22. The van der Waals surface area contributed by atoms with Crippen LogP contribution in [0.1, 0.15) is 19.3 Å². The van der Waals surface area contributed by atoms with Crippen molar-refractivity contribution in [3.05, 3.63) is 0 Å². The van der Waals surface area contributed by atoms with Crippen molar-refractivity contribution in [2.75, 3.05) is 6.54 Å². The molecule has 1 heterocycles. The van der Waals surface area contributed by atoms with Gasteiger partial charge in [0.05, 0.1) is 5.92 Å². The van der Waals surface area contributed by atoms with Crippen LogP contribution in [0.25, 0.3) is 0 Å². The summed E-state index contributed by atoms with van der Waals surface area (Å²) < 4.78 is 36.3. The molecular formula is C7H10F3NO. The van der Waals surface area contributed by atoms with E-state index < -0.39 is 24.4 Å². The van der Waals surface area contributed by atoms with Crippen molar-refractivity contribution in [3.8, 4) is 0 Å². The van der Waals surface area contributed by atoms with Crippen LogP contribution in [-0.2, 0) is 4.79 Å². The first kappa shape index (κ1) is 9.35. The second kappa shape index (κ2) is 3.33. The van der Waals surface area contributed by atoms with E-state index in [9.17, 15) is 18.0 Å². The molecule has 0 aromatic rings. The first-order valence-corrected chi connectivity index (χ1v) is 3.83. The minimum Gasteiger partial charge on any atom is -0.356 e. The van der Waals surface area contributed by atoms with Crippen LogP contribution in [0.2, 0.25) is 0 Å². The van der Waals surface area contributed by atoms with Crippen LogP contribution in [0.5, 0.6) is 0 Å². The number of alkyl halides is 3. The lowest BCUT2D eigenvalue weighted by atomic mass is 10.0. The van der Waals surface area contributed by atoms with E-state index in [-0.39, 0.29) is 6.42 Å². The molecule has 0 aliphatic carbocycles. The standard InChI is InChI=1S/C7H10F3NO/c8-7(9,10)5-2-1-3-11-6(12)4-5/h5H,1-4H2,(H,11,12). The highest BCUT2D eigenvalue weighted by Gasteiger charge is 2.40. The first-order valence-electron chi connectivity index (χ1n) is 3.83. The Labute approximate surface area is 68.1 Å². The van der Waals surface area contributed by atoms with Crippen molar-refractivity contribution >= 4 is 5.91 Å². The molecule has 1 saturated heterocycles. The molecule has 1 N–H and O–H groups in total. The summed E-state index contributed by atoms with van der Waals surface area (Å²) in [6, 6.07) is 0. The van der Waals surface area contributed by atoms with E-state index in [2.05, 4.69) is 5.32 Å². The molecule has 0 aromatic carbocycles. The fourth-order valence-corrected chi connectivity index (χ4v) is 1.25. The number of amides is 1. The topological polar surface area (TPSA) is 29.1 Å². The number of nitrogens with one attached hydrogen (secondary N) is 1. The predicted molar refractivity (Wildman–Crippen MR) is 36.4 cm³/mol. The van der Waals surface area contributed by atoms with Crippen LogP contribution in [0, 0.1) is 5.92 Å². The maximum Gasteiger partial charge on any atom is 0.392 e. The Morgan fingerprint density at radius 1 is 1.42 bits per heavy atom. The van der Waals surface area contributed by atoms with Gasteiger partial charge < -0.3 is 5.32 Å². The number of rotatable bonds is 0. The zero-order valence-electron chi connectivity index (χ0n) is 6.45. The largest absolute Gasteiger partial charge is 0.392 e. The van der Waals surface area contributed by atoms with Crippen LogP contribution in [-0.4, -0.2) is 18.6 Å². The fourth-order valence-electron chi connectivity index (χ4n) is 1.25. The highest BCUT2D eigenvalue weighted by atomic mass is 19.4. The molecule has 0 bridgehead atoms. The summed E-state index contributed by atoms with van der Waals surface area (Å²) in [6.45, 7) is 0.366. The van der Waals surface area contributed by atoms with Crippen molar-refractivity contribution in [2.24, 2.45) is 5.92 Å². The molecule has 1 aliphatic rings. The molecule has 0 aromatic heterocycles. The molecule has 70 valence electrons. The molecular weight excluding hydrogens is 171 g/mol. The van der Waals surface area contributed by atoms with E-state index >= 15 is 0 Å². The van der Waals surface area contributed by atoms with Gasteiger partial charge in [0.1, 0.15) is 0 Å². The quantitative estimate of drug-likeness (QED) is 0.602. The zero-order valence-corrected chi connectivity index (χ0v) is 6.45. The van der Waals surface area contributed by atoms with E-state index in [0.29, 0.717) is 13.0 Å². The number of hydrogen-bond donors (Lipinski definition) is 1. The zero-order chi connectivity index (χ0) is 9.19. The van der Waals surface area contributed by atoms with Gasteiger partial charge in [-0.05, 0) is 12.8 Å². The maximum atomic E-state index is 12.1. The third kappa shape index (κ3) is 2.39. The van der Waals surface area contributed by atoms with Gasteiger partial charge in [-0.3, -0.25) is 4.79 Å². The second-order valence-corrected chi connectivity index (χ2v) is 2.93. The molecule has 0 spiro atoms. The summed E-state index contributed by atoms with van der Waals surface area (Å²) in [5.74, 6) is -1.94. The van der Waals surface area contributed by atoms with Crippen LogP contribution in [0.4, 0.5) is 13.2 Å². The number of halogens is 3. The Morgan fingerprint density at radius 3 is 2.67 bits per heavy atom. The fraction of sp³-hybridized carbons (Fsp3) is 0.857. The maximum absolute atomic E-state index is 12.1. The molecule has 0 radical (unpaired) electrons. The Balaban J connectivity index is 2.58. The van der Waals surface area contributed by atoms with Crippen molar-refractivity contribution in [1.29, 1.82) is 0 Å². The van der Waals surface area contributed by atoms with Crippen LogP contribution >= 0.6 is 0 Å². The monoisotopic (exact) mass is 181 g/mol. The van der Waals surface area contributed by atoms with Crippen LogP contribution in [0.15, 0.2) is 0 Å². The summed E-state index contributed by atoms with van der Waals surface area (Å²) in [6.07, 6.45) is -4.16. The summed E-state index contributed by atoms with van der Waals surface area (Å²) >= 11 is 0. The van der Waals surface area contributed by atoms with Crippen molar-refractivity contribution in [1.82, 2.24) is 5.32 Å². The third-order valence-corrected chi connectivity index (χ3v) is 1.95. The van der Waals surface area contributed by atoms with E-state index in [4.69, 9.17) is 0 Å². The van der Waals surface area contributed by atoms with Gasteiger partial charge in [-0.15, -0.1) is 0 Å². The van der Waals surface area contributed by atoms with E-state index in [1.165, 1.54) is 0 Å². The highest BCUT2D eigenvalue weighted by molar-refractivity contribution is 5.76. The van der Waals surface area contributed by atoms with Gasteiger partial charge in [-0.1, -0.05) is 0 Å². The van der Waals surface area contributed by atoms with Crippen molar-refractivity contribution in [3.63, 3.8) is 0 Å². The molecule has 1 atom stereocenters. The van der Waals surface area contributed by atoms with Gasteiger partial charge in [-0.25, -0.2) is 0 Å². The molecule has 1 aliphatic heterocycles. The molecule has 2 nitrogen and oxygen atoms in total. The second-order valence-electron chi connectivity index (χ2n) is 2.93. The Kier molecular flexibility index (Phi) is 2.59. The molecule has 12 heavy (non-hydrogen) atoms. The summed E-state index contributed by atoms with van der Waals surface area (Å²) in [7, 11) is 0. The number of hydrogen-bond acceptors (Lipinski definition) is 1. The molecule has 1 amide bonds. The lowest BCUT2D eigenvalue weighted by molar-refractivity contribution is -0.179. The summed E-state index contributed by atoms with van der Waals surface area (Å²) in [4.78, 5) is 10.7. The normalized spacial score (nSPS) is 26.2. The van der Waals surface area contributed by atoms with Gasteiger partial charge in [0.25, 0.3) is 0 Å². The van der Waals surface area contributed by atoms with Gasteiger partial charge in [0, 0.05) is 13.0 Å². The van der Waals surface area contributed by atoms with Gasteiger partial charge in [-0.2, -0.15) is 13.2 Å². The van der Waals surface area contributed by atoms with E-state index in [1.54, 1.807) is 0 Å².